The standard InChI is InChI=1S/C15H18/c1-11-4-7-14(8-5-11)15-9-6-12(2)13(3)10-15/h4-10,12-13H,1-3H3. The van der Waals surface area contributed by atoms with Gasteiger partial charge in [0.05, 0.1) is 0 Å². The van der Waals surface area contributed by atoms with E-state index in [1.807, 2.05) is 0 Å². The molecule has 0 spiro atoms. The minimum Gasteiger partial charge on any atom is -0.0805 e. The van der Waals surface area contributed by atoms with Gasteiger partial charge < -0.3 is 0 Å². The first-order valence-electron chi connectivity index (χ1n) is 5.64. The quantitative estimate of drug-likeness (QED) is 0.633. The zero-order valence-electron chi connectivity index (χ0n) is 9.70. The predicted molar refractivity (Wildman–Crippen MR) is 66.6 cm³/mol. The Hall–Kier alpha value is -1.30. The lowest BCUT2D eigenvalue weighted by molar-refractivity contribution is 0.554. The molecule has 2 rings (SSSR count). The van der Waals surface area contributed by atoms with Gasteiger partial charge in [-0.1, -0.05) is 61.9 Å². The van der Waals surface area contributed by atoms with E-state index in [0.29, 0.717) is 11.8 Å². The van der Waals surface area contributed by atoms with E-state index in [1.54, 1.807) is 0 Å². The van der Waals surface area contributed by atoms with Crippen LogP contribution < -0.4 is 0 Å². The van der Waals surface area contributed by atoms with E-state index in [1.165, 1.54) is 16.7 Å². The van der Waals surface area contributed by atoms with Crippen LogP contribution in [0.1, 0.15) is 25.0 Å². The SMILES string of the molecule is Cc1ccc(C2=CC(C)C(C)C=C2)cc1. The Balaban J connectivity index is 2.29. The van der Waals surface area contributed by atoms with Crippen molar-refractivity contribution in [1.82, 2.24) is 0 Å². The highest BCUT2D eigenvalue weighted by atomic mass is 14.2. The van der Waals surface area contributed by atoms with Gasteiger partial charge in [0.1, 0.15) is 0 Å². The number of aryl methyl sites for hydroxylation is 1. The minimum absolute atomic E-state index is 0.645. The second kappa shape index (κ2) is 4.06. The molecule has 0 saturated carbocycles. The van der Waals surface area contributed by atoms with Crippen LogP contribution in [0.25, 0.3) is 5.57 Å². The van der Waals surface area contributed by atoms with Crippen molar-refractivity contribution >= 4 is 5.57 Å². The lowest BCUT2D eigenvalue weighted by atomic mass is 9.86. The van der Waals surface area contributed by atoms with Crippen molar-refractivity contribution in [1.29, 1.82) is 0 Å². The molecule has 0 aliphatic heterocycles. The van der Waals surface area contributed by atoms with Crippen LogP contribution in [0, 0.1) is 18.8 Å². The highest BCUT2D eigenvalue weighted by Crippen LogP contribution is 2.27. The summed E-state index contributed by atoms with van der Waals surface area (Å²) in [5, 5.41) is 0. The summed E-state index contributed by atoms with van der Waals surface area (Å²) in [6.45, 7) is 6.67. The lowest BCUT2D eigenvalue weighted by Gasteiger charge is -2.19. The summed E-state index contributed by atoms with van der Waals surface area (Å²) in [5.74, 6) is 1.31. The molecular weight excluding hydrogens is 180 g/mol. The van der Waals surface area contributed by atoms with Crippen LogP contribution >= 0.6 is 0 Å². The van der Waals surface area contributed by atoms with Crippen LogP contribution in [0.5, 0.6) is 0 Å². The van der Waals surface area contributed by atoms with E-state index in [0.717, 1.165) is 0 Å². The highest BCUT2D eigenvalue weighted by Gasteiger charge is 2.12. The molecule has 1 aromatic rings. The molecule has 0 fully saturated rings. The summed E-state index contributed by atoms with van der Waals surface area (Å²) in [6, 6.07) is 8.75. The van der Waals surface area contributed by atoms with Crippen LogP contribution in [0.2, 0.25) is 0 Å². The van der Waals surface area contributed by atoms with Crippen LogP contribution in [0.3, 0.4) is 0 Å². The van der Waals surface area contributed by atoms with Crippen LogP contribution in [-0.4, -0.2) is 0 Å². The first-order valence-corrected chi connectivity index (χ1v) is 5.64. The fourth-order valence-electron chi connectivity index (χ4n) is 1.86. The molecule has 2 atom stereocenters. The van der Waals surface area contributed by atoms with Crippen molar-refractivity contribution < 1.29 is 0 Å². The van der Waals surface area contributed by atoms with E-state index in [9.17, 15) is 0 Å². The fourth-order valence-corrected chi connectivity index (χ4v) is 1.86. The largest absolute Gasteiger partial charge is 0.0805 e. The zero-order chi connectivity index (χ0) is 10.8. The fraction of sp³-hybridized carbons (Fsp3) is 0.333. The molecule has 0 amide bonds. The third kappa shape index (κ3) is 2.20. The Labute approximate surface area is 92.3 Å². The maximum atomic E-state index is 2.37. The van der Waals surface area contributed by atoms with E-state index in [4.69, 9.17) is 0 Å². The van der Waals surface area contributed by atoms with E-state index in [2.05, 4.69) is 63.3 Å². The predicted octanol–water partition coefficient (Wildman–Crippen LogP) is 4.22. The second-order valence-corrected chi connectivity index (χ2v) is 4.57. The smallest absolute Gasteiger partial charge is 0.0187 e. The Morgan fingerprint density at radius 3 is 2.20 bits per heavy atom. The van der Waals surface area contributed by atoms with Gasteiger partial charge in [-0.25, -0.2) is 0 Å². The van der Waals surface area contributed by atoms with E-state index >= 15 is 0 Å². The van der Waals surface area contributed by atoms with Gasteiger partial charge >= 0.3 is 0 Å². The van der Waals surface area contributed by atoms with Gasteiger partial charge in [0.2, 0.25) is 0 Å². The van der Waals surface area contributed by atoms with Crippen molar-refractivity contribution in [3.63, 3.8) is 0 Å². The summed E-state index contributed by atoms with van der Waals surface area (Å²) in [7, 11) is 0. The molecule has 0 nitrogen and oxygen atoms in total. The van der Waals surface area contributed by atoms with Gasteiger partial charge in [-0.05, 0) is 29.9 Å². The van der Waals surface area contributed by atoms with Gasteiger partial charge in [-0.15, -0.1) is 0 Å². The molecule has 0 saturated heterocycles. The molecule has 15 heavy (non-hydrogen) atoms. The molecule has 0 heteroatoms. The molecule has 0 radical (unpaired) electrons. The lowest BCUT2D eigenvalue weighted by Crippen LogP contribution is -2.06. The highest BCUT2D eigenvalue weighted by molar-refractivity contribution is 5.75. The Kier molecular flexibility index (Phi) is 2.77. The third-order valence-electron chi connectivity index (χ3n) is 3.24. The molecule has 1 aliphatic carbocycles. The summed E-state index contributed by atoms with van der Waals surface area (Å²) in [4.78, 5) is 0. The normalized spacial score (nSPS) is 25.1. The number of benzene rings is 1. The molecule has 1 aromatic carbocycles. The molecule has 0 aromatic heterocycles. The zero-order valence-corrected chi connectivity index (χ0v) is 9.70. The number of hydrogen-bond donors (Lipinski definition) is 0. The van der Waals surface area contributed by atoms with Crippen molar-refractivity contribution in [2.75, 3.05) is 0 Å². The van der Waals surface area contributed by atoms with Crippen LogP contribution in [0.4, 0.5) is 0 Å². The maximum Gasteiger partial charge on any atom is -0.0187 e. The molecular formula is C15H18. The third-order valence-corrected chi connectivity index (χ3v) is 3.24. The van der Waals surface area contributed by atoms with Gasteiger partial charge in [-0.3, -0.25) is 0 Å². The average molecular weight is 198 g/mol. The number of allylic oxidation sites excluding steroid dienone is 4. The Bertz CT molecular complexity index is 393. The average Bonchev–Trinajstić information content (AvgIpc) is 2.23. The molecule has 0 N–H and O–H groups in total. The molecule has 0 heterocycles. The molecule has 78 valence electrons. The second-order valence-electron chi connectivity index (χ2n) is 4.57. The summed E-state index contributed by atoms with van der Waals surface area (Å²) in [5.41, 5.74) is 4.01. The van der Waals surface area contributed by atoms with Crippen molar-refractivity contribution in [3.8, 4) is 0 Å². The summed E-state index contributed by atoms with van der Waals surface area (Å²) >= 11 is 0. The maximum absolute atomic E-state index is 2.37. The summed E-state index contributed by atoms with van der Waals surface area (Å²) in [6.07, 6.45) is 6.92. The van der Waals surface area contributed by atoms with Gasteiger partial charge in [0, 0.05) is 0 Å². The first-order chi connectivity index (χ1) is 7.16. The molecule has 0 bridgehead atoms. The Morgan fingerprint density at radius 2 is 1.60 bits per heavy atom. The van der Waals surface area contributed by atoms with Crippen LogP contribution in [-0.2, 0) is 0 Å². The minimum atomic E-state index is 0.645. The molecule has 1 aliphatic rings. The van der Waals surface area contributed by atoms with Crippen molar-refractivity contribution in [2.24, 2.45) is 11.8 Å². The monoisotopic (exact) mass is 198 g/mol. The van der Waals surface area contributed by atoms with Gasteiger partial charge in [0.15, 0.2) is 0 Å². The Morgan fingerprint density at radius 1 is 0.933 bits per heavy atom. The van der Waals surface area contributed by atoms with Crippen molar-refractivity contribution in [3.05, 3.63) is 53.6 Å². The topological polar surface area (TPSA) is 0 Å². The number of rotatable bonds is 1. The van der Waals surface area contributed by atoms with E-state index in [-0.39, 0.29) is 0 Å². The van der Waals surface area contributed by atoms with Crippen LogP contribution in [0.15, 0.2) is 42.5 Å². The van der Waals surface area contributed by atoms with Gasteiger partial charge in [-0.2, -0.15) is 0 Å². The first kappa shape index (κ1) is 10.2. The molecule has 2 unspecified atom stereocenters. The van der Waals surface area contributed by atoms with Crippen molar-refractivity contribution in [2.45, 2.75) is 20.8 Å². The van der Waals surface area contributed by atoms with Gasteiger partial charge in [0.25, 0.3) is 0 Å². The van der Waals surface area contributed by atoms with E-state index < -0.39 is 0 Å². The summed E-state index contributed by atoms with van der Waals surface area (Å²) < 4.78 is 0. The number of hydrogen-bond acceptors (Lipinski definition) is 0.